The molecule has 0 aromatic heterocycles. The molecule has 0 unspecified atom stereocenters. The topological polar surface area (TPSA) is 29.5 Å². The van der Waals surface area contributed by atoms with Crippen molar-refractivity contribution in [3.8, 4) is 16.9 Å². The van der Waals surface area contributed by atoms with E-state index in [0.717, 1.165) is 25.0 Å². The summed E-state index contributed by atoms with van der Waals surface area (Å²) in [5.74, 6) is 0.906. The third-order valence-corrected chi connectivity index (χ3v) is 3.03. The van der Waals surface area contributed by atoms with Gasteiger partial charge in [0.15, 0.2) is 0 Å². The van der Waals surface area contributed by atoms with E-state index in [1.807, 2.05) is 30.3 Å². The van der Waals surface area contributed by atoms with E-state index in [2.05, 4.69) is 24.3 Å². The van der Waals surface area contributed by atoms with E-state index in [4.69, 9.17) is 9.84 Å². The highest BCUT2D eigenvalue weighted by Crippen LogP contribution is 2.22. The lowest BCUT2D eigenvalue weighted by Crippen LogP contribution is -1.97. The number of ether oxygens (including phenoxy) is 1. The first-order valence-electron chi connectivity index (χ1n) is 6.79. The van der Waals surface area contributed by atoms with Gasteiger partial charge < -0.3 is 9.84 Å². The van der Waals surface area contributed by atoms with Crippen molar-refractivity contribution in [3.63, 3.8) is 0 Å². The highest BCUT2D eigenvalue weighted by Gasteiger charge is 1.98. The van der Waals surface area contributed by atoms with Crippen molar-refractivity contribution in [1.29, 1.82) is 0 Å². The quantitative estimate of drug-likeness (QED) is 0.761. The van der Waals surface area contributed by atoms with Crippen molar-refractivity contribution in [1.82, 2.24) is 0 Å². The molecule has 0 spiro atoms. The summed E-state index contributed by atoms with van der Waals surface area (Å²) in [6.07, 6.45) is 2.86. The molecule has 19 heavy (non-hydrogen) atoms. The van der Waals surface area contributed by atoms with Gasteiger partial charge in [-0.15, -0.1) is 0 Å². The van der Waals surface area contributed by atoms with Crippen molar-refractivity contribution in [2.45, 2.75) is 19.3 Å². The van der Waals surface area contributed by atoms with Crippen LogP contribution in [0.2, 0.25) is 0 Å². The van der Waals surface area contributed by atoms with Crippen molar-refractivity contribution in [2.24, 2.45) is 0 Å². The Hall–Kier alpha value is -1.80. The van der Waals surface area contributed by atoms with E-state index < -0.39 is 0 Å². The van der Waals surface area contributed by atoms with Crippen LogP contribution in [0.15, 0.2) is 54.6 Å². The Kier molecular flexibility index (Phi) is 5.45. The second-order valence-electron chi connectivity index (χ2n) is 4.52. The van der Waals surface area contributed by atoms with Crippen LogP contribution in [0.4, 0.5) is 0 Å². The molecule has 0 amide bonds. The molecule has 0 radical (unpaired) electrons. The molecule has 0 bridgehead atoms. The lowest BCUT2D eigenvalue weighted by Gasteiger charge is -2.07. The number of benzene rings is 2. The summed E-state index contributed by atoms with van der Waals surface area (Å²) in [6, 6.07) is 18.5. The molecule has 0 aliphatic carbocycles. The van der Waals surface area contributed by atoms with Crippen molar-refractivity contribution in [3.05, 3.63) is 54.6 Å². The van der Waals surface area contributed by atoms with Crippen LogP contribution in [-0.4, -0.2) is 18.3 Å². The largest absolute Gasteiger partial charge is 0.494 e. The number of unbranched alkanes of at least 4 members (excludes halogenated alkanes) is 2. The molecule has 0 saturated carbocycles. The molecule has 2 heteroatoms. The summed E-state index contributed by atoms with van der Waals surface area (Å²) in [5.41, 5.74) is 2.42. The Bertz CT molecular complexity index is 462. The number of hydrogen-bond acceptors (Lipinski definition) is 2. The van der Waals surface area contributed by atoms with Crippen LogP contribution in [0, 0.1) is 0 Å². The van der Waals surface area contributed by atoms with E-state index in [9.17, 15) is 0 Å². The molecule has 2 nitrogen and oxygen atoms in total. The molecule has 2 rings (SSSR count). The van der Waals surface area contributed by atoms with Crippen LogP contribution < -0.4 is 4.74 Å². The maximum atomic E-state index is 8.68. The van der Waals surface area contributed by atoms with Crippen LogP contribution in [0.5, 0.6) is 5.75 Å². The molecule has 1 N–H and O–H groups in total. The third kappa shape index (κ3) is 4.42. The van der Waals surface area contributed by atoms with Gasteiger partial charge in [0.1, 0.15) is 5.75 Å². The second-order valence-corrected chi connectivity index (χ2v) is 4.52. The Balaban J connectivity index is 1.85. The van der Waals surface area contributed by atoms with Crippen LogP contribution >= 0.6 is 0 Å². The predicted octanol–water partition coefficient (Wildman–Crippen LogP) is 3.90. The van der Waals surface area contributed by atoms with Gasteiger partial charge in [-0.1, -0.05) is 42.5 Å². The predicted molar refractivity (Wildman–Crippen MR) is 78.3 cm³/mol. The number of hydrogen-bond donors (Lipinski definition) is 1. The van der Waals surface area contributed by atoms with Crippen LogP contribution in [0.3, 0.4) is 0 Å². The molecular weight excluding hydrogens is 236 g/mol. The van der Waals surface area contributed by atoms with E-state index >= 15 is 0 Å². The molecule has 100 valence electrons. The zero-order valence-corrected chi connectivity index (χ0v) is 11.1. The summed E-state index contributed by atoms with van der Waals surface area (Å²) < 4.78 is 5.66. The van der Waals surface area contributed by atoms with Gasteiger partial charge in [-0.25, -0.2) is 0 Å². The van der Waals surface area contributed by atoms with Gasteiger partial charge in [0, 0.05) is 6.61 Å². The maximum Gasteiger partial charge on any atom is 0.119 e. The summed E-state index contributed by atoms with van der Waals surface area (Å²) >= 11 is 0. The Morgan fingerprint density at radius 3 is 2.11 bits per heavy atom. The summed E-state index contributed by atoms with van der Waals surface area (Å²) in [4.78, 5) is 0. The Morgan fingerprint density at radius 2 is 1.42 bits per heavy atom. The maximum absolute atomic E-state index is 8.68. The van der Waals surface area contributed by atoms with Crippen LogP contribution in [0.1, 0.15) is 19.3 Å². The third-order valence-electron chi connectivity index (χ3n) is 3.03. The van der Waals surface area contributed by atoms with Gasteiger partial charge in [0.2, 0.25) is 0 Å². The minimum Gasteiger partial charge on any atom is -0.494 e. The lowest BCUT2D eigenvalue weighted by atomic mass is 10.1. The van der Waals surface area contributed by atoms with Gasteiger partial charge in [-0.3, -0.25) is 0 Å². The number of aliphatic hydroxyl groups excluding tert-OH is 1. The van der Waals surface area contributed by atoms with Crippen LogP contribution in [-0.2, 0) is 0 Å². The van der Waals surface area contributed by atoms with Gasteiger partial charge in [0.25, 0.3) is 0 Å². The normalized spacial score (nSPS) is 10.4. The fraction of sp³-hybridized carbons (Fsp3) is 0.294. The molecule has 0 aliphatic rings. The Morgan fingerprint density at radius 1 is 0.737 bits per heavy atom. The van der Waals surface area contributed by atoms with E-state index in [0.29, 0.717) is 6.61 Å². The zero-order chi connectivity index (χ0) is 13.3. The first-order valence-corrected chi connectivity index (χ1v) is 6.79. The fourth-order valence-electron chi connectivity index (χ4n) is 1.95. The van der Waals surface area contributed by atoms with Crippen molar-refractivity contribution < 1.29 is 9.84 Å². The fourth-order valence-corrected chi connectivity index (χ4v) is 1.95. The molecule has 2 aromatic rings. The minimum absolute atomic E-state index is 0.270. The summed E-state index contributed by atoms with van der Waals surface area (Å²) in [6.45, 7) is 0.983. The molecule has 0 atom stereocenters. The zero-order valence-electron chi connectivity index (χ0n) is 11.1. The molecule has 0 heterocycles. The standard InChI is InChI=1S/C17H20O2/c18-13-5-2-6-14-19-17-11-9-16(10-12-17)15-7-3-1-4-8-15/h1,3-4,7-12,18H,2,5-6,13-14H2. The minimum atomic E-state index is 0.270. The van der Waals surface area contributed by atoms with Gasteiger partial charge in [-0.05, 0) is 42.5 Å². The SMILES string of the molecule is OCCCCCOc1ccc(-c2ccccc2)cc1. The second kappa shape index (κ2) is 7.59. The van der Waals surface area contributed by atoms with Gasteiger partial charge in [0.05, 0.1) is 6.61 Å². The molecule has 2 aromatic carbocycles. The first-order chi connectivity index (χ1) is 9.40. The van der Waals surface area contributed by atoms with E-state index in [-0.39, 0.29) is 6.61 Å². The smallest absolute Gasteiger partial charge is 0.119 e. The van der Waals surface area contributed by atoms with Gasteiger partial charge >= 0.3 is 0 Å². The van der Waals surface area contributed by atoms with Crippen molar-refractivity contribution >= 4 is 0 Å². The van der Waals surface area contributed by atoms with Crippen molar-refractivity contribution in [2.75, 3.05) is 13.2 Å². The lowest BCUT2D eigenvalue weighted by molar-refractivity contribution is 0.266. The molecule has 0 aliphatic heterocycles. The summed E-state index contributed by atoms with van der Waals surface area (Å²) in [7, 11) is 0. The Labute approximate surface area is 114 Å². The van der Waals surface area contributed by atoms with Crippen LogP contribution in [0.25, 0.3) is 11.1 Å². The highest BCUT2D eigenvalue weighted by atomic mass is 16.5. The number of aliphatic hydroxyl groups is 1. The van der Waals surface area contributed by atoms with E-state index in [1.165, 1.54) is 11.1 Å². The monoisotopic (exact) mass is 256 g/mol. The van der Waals surface area contributed by atoms with E-state index in [1.54, 1.807) is 0 Å². The number of rotatable bonds is 7. The first kappa shape index (κ1) is 13.6. The molecular formula is C17H20O2. The average Bonchev–Trinajstić information content (AvgIpc) is 2.49. The highest BCUT2D eigenvalue weighted by molar-refractivity contribution is 5.63. The molecule has 0 saturated heterocycles. The average molecular weight is 256 g/mol. The summed E-state index contributed by atoms with van der Waals surface area (Å²) in [5, 5.41) is 8.68. The molecule has 0 fully saturated rings. The van der Waals surface area contributed by atoms with Gasteiger partial charge in [-0.2, -0.15) is 0 Å².